The normalized spacial score (nSPS) is 14.5. The van der Waals surface area contributed by atoms with E-state index in [-0.39, 0.29) is 5.57 Å². The molecule has 0 aliphatic carbocycles. The van der Waals surface area contributed by atoms with E-state index >= 15 is 0 Å². The Hall–Kier alpha value is -3.77. The van der Waals surface area contributed by atoms with E-state index in [0.29, 0.717) is 41.7 Å². The van der Waals surface area contributed by atoms with Crippen molar-refractivity contribution < 1.29 is 19.1 Å². The van der Waals surface area contributed by atoms with Gasteiger partial charge in [0.25, 0.3) is 11.8 Å². The standard InChI is InChI=1S/C25H21ClN2O4/c26-19-10-12-21(13-11-19)31-14-5-15-32-22-9-4-6-18(16-22)17-23-24(29)27-28(25(23)30)20-7-2-1-3-8-20/h1-4,6-13,16-17H,5,14-15H2,(H,27,29). The minimum Gasteiger partial charge on any atom is -0.493 e. The summed E-state index contributed by atoms with van der Waals surface area (Å²) in [5.74, 6) is 0.570. The van der Waals surface area contributed by atoms with Crippen molar-refractivity contribution in [3.05, 3.63) is 95.0 Å². The first-order valence-corrected chi connectivity index (χ1v) is 10.5. The van der Waals surface area contributed by atoms with Crippen LogP contribution in [0.3, 0.4) is 0 Å². The fraction of sp³-hybridized carbons (Fsp3) is 0.120. The van der Waals surface area contributed by atoms with Crippen molar-refractivity contribution in [1.29, 1.82) is 0 Å². The number of carbonyl (C=O) groups is 2. The van der Waals surface area contributed by atoms with Gasteiger partial charge >= 0.3 is 0 Å². The predicted molar refractivity (Wildman–Crippen MR) is 124 cm³/mol. The van der Waals surface area contributed by atoms with Crippen molar-refractivity contribution in [1.82, 2.24) is 5.43 Å². The Morgan fingerprint density at radius 2 is 1.56 bits per heavy atom. The second kappa shape index (κ2) is 10.0. The Morgan fingerprint density at radius 3 is 2.31 bits per heavy atom. The summed E-state index contributed by atoms with van der Waals surface area (Å²) in [4.78, 5) is 25.0. The average molecular weight is 449 g/mol. The summed E-state index contributed by atoms with van der Waals surface area (Å²) in [6.07, 6.45) is 2.26. The maximum atomic E-state index is 12.7. The van der Waals surface area contributed by atoms with Crippen LogP contribution >= 0.6 is 11.6 Å². The molecule has 6 nitrogen and oxygen atoms in total. The first-order valence-electron chi connectivity index (χ1n) is 10.1. The number of benzene rings is 3. The molecule has 1 heterocycles. The highest BCUT2D eigenvalue weighted by Gasteiger charge is 2.34. The van der Waals surface area contributed by atoms with E-state index in [0.717, 1.165) is 5.75 Å². The van der Waals surface area contributed by atoms with E-state index in [1.165, 1.54) is 5.01 Å². The molecule has 1 fully saturated rings. The van der Waals surface area contributed by atoms with Gasteiger partial charge < -0.3 is 9.47 Å². The summed E-state index contributed by atoms with van der Waals surface area (Å²) in [5, 5.41) is 1.91. The molecule has 1 aliphatic rings. The number of rotatable bonds is 8. The molecule has 1 N–H and O–H groups in total. The zero-order valence-electron chi connectivity index (χ0n) is 17.2. The molecule has 3 aromatic rings. The van der Waals surface area contributed by atoms with Crippen LogP contribution in [0.5, 0.6) is 11.5 Å². The fourth-order valence-electron chi connectivity index (χ4n) is 3.15. The molecule has 1 saturated heterocycles. The fourth-order valence-corrected chi connectivity index (χ4v) is 3.27. The number of para-hydroxylation sites is 1. The van der Waals surface area contributed by atoms with Gasteiger partial charge in [0.2, 0.25) is 0 Å². The highest BCUT2D eigenvalue weighted by atomic mass is 35.5. The molecule has 0 aromatic heterocycles. The number of nitrogens with one attached hydrogen (secondary N) is 1. The maximum Gasteiger partial charge on any atom is 0.282 e. The van der Waals surface area contributed by atoms with Gasteiger partial charge in [0.15, 0.2) is 0 Å². The predicted octanol–water partition coefficient (Wildman–Crippen LogP) is 4.65. The first kappa shape index (κ1) is 21.5. The lowest BCUT2D eigenvalue weighted by molar-refractivity contribution is -0.117. The lowest BCUT2D eigenvalue weighted by Gasteiger charge is -2.13. The number of amides is 2. The van der Waals surface area contributed by atoms with Gasteiger partial charge in [-0.25, -0.2) is 5.01 Å². The highest BCUT2D eigenvalue weighted by Crippen LogP contribution is 2.23. The molecule has 1 aliphatic heterocycles. The van der Waals surface area contributed by atoms with E-state index < -0.39 is 11.8 Å². The molecule has 0 bridgehead atoms. The van der Waals surface area contributed by atoms with E-state index in [1.807, 2.05) is 36.4 Å². The van der Waals surface area contributed by atoms with E-state index in [1.54, 1.807) is 48.5 Å². The third-order valence-electron chi connectivity index (χ3n) is 4.71. The molecular weight excluding hydrogens is 428 g/mol. The number of halogens is 1. The lowest BCUT2D eigenvalue weighted by atomic mass is 10.1. The molecule has 0 unspecified atom stereocenters. The van der Waals surface area contributed by atoms with Gasteiger partial charge in [0, 0.05) is 11.4 Å². The van der Waals surface area contributed by atoms with Crippen molar-refractivity contribution in [2.75, 3.05) is 18.2 Å². The Labute approximate surface area is 191 Å². The monoisotopic (exact) mass is 448 g/mol. The quantitative estimate of drug-likeness (QED) is 0.309. The number of nitrogens with zero attached hydrogens (tertiary/aromatic N) is 1. The number of hydrogen-bond acceptors (Lipinski definition) is 4. The molecule has 2 amide bonds. The van der Waals surface area contributed by atoms with Gasteiger partial charge in [-0.05, 0) is 60.2 Å². The second-order valence-electron chi connectivity index (χ2n) is 7.05. The van der Waals surface area contributed by atoms with E-state index in [2.05, 4.69) is 5.43 Å². The molecule has 7 heteroatoms. The van der Waals surface area contributed by atoms with Gasteiger partial charge in [-0.15, -0.1) is 0 Å². The topological polar surface area (TPSA) is 67.9 Å². The number of hydrogen-bond donors (Lipinski definition) is 1. The van der Waals surface area contributed by atoms with Gasteiger partial charge in [-0.2, -0.15) is 0 Å². The van der Waals surface area contributed by atoms with E-state index in [4.69, 9.17) is 21.1 Å². The van der Waals surface area contributed by atoms with Crippen LogP contribution in [0.4, 0.5) is 5.69 Å². The Balaban J connectivity index is 1.33. The third-order valence-corrected chi connectivity index (χ3v) is 4.97. The molecule has 0 saturated carbocycles. The van der Waals surface area contributed by atoms with Crippen LogP contribution in [-0.4, -0.2) is 25.0 Å². The first-order chi connectivity index (χ1) is 15.6. The third kappa shape index (κ3) is 5.28. The molecule has 3 aromatic carbocycles. The second-order valence-corrected chi connectivity index (χ2v) is 7.49. The lowest BCUT2D eigenvalue weighted by Crippen LogP contribution is -2.35. The molecule has 0 radical (unpaired) electrons. The summed E-state index contributed by atoms with van der Waals surface area (Å²) in [7, 11) is 0. The van der Waals surface area contributed by atoms with Crippen molar-refractivity contribution in [3.8, 4) is 11.5 Å². The molecule has 162 valence electrons. The van der Waals surface area contributed by atoms with Crippen molar-refractivity contribution in [2.24, 2.45) is 0 Å². The van der Waals surface area contributed by atoms with Crippen molar-refractivity contribution in [3.63, 3.8) is 0 Å². The highest BCUT2D eigenvalue weighted by molar-refractivity contribution is 6.31. The number of carbonyl (C=O) groups excluding carboxylic acids is 2. The average Bonchev–Trinajstić information content (AvgIpc) is 3.09. The minimum atomic E-state index is -0.440. The summed E-state index contributed by atoms with van der Waals surface area (Å²) in [6, 6.07) is 23.4. The summed E-state index contributed by atoms with van der Waals surface area (Å²) < 4.78 is 11.4. The van der Waals surface area contributed by atoms with E-state index in [9.17, 15) is 9.59 Å². The Bertz CT molecular complexity index is 1130. The molecule has 4 rings (SSSR count). The summed E-state index contributed by atoms with van der Waals surface area (Å²) in [5.41, 5.74) is 3.97. The van der Waals surface area contributed by atoms with Crippen LogP contribution in [-0.2, 0) is 9.59 Å². The Kier molecular flexibility index (Phi) is 6.72. The molecular formula is C25H21ClN2O4. The smallest absolute Gasteiger partial charge is 0.282 e. The molecule has 0 spiro atoms. The van der Waals surface area contributed by atoms with Crippen LogP contribution in [0.15, 0.2) is 84.4 Å². The van der Waals surface area contributed by atoms with Crippen LogP contribution in [0.1, 0.15) is 12.0 Å². The van der Waals surface area contributed by atoms with Gasteiger partial charge in [-0.3, -0.25) is 15.0 Å². The Morgan fingerprint density at radius 1 is 0.844 bits per heavy atom. The maximum absolute atomic E-state index is 12.7. The summed E-state index contributed by atoms with van der Waals surface area (Å²) in [6.45, 7) is 0.976. The SMILES string of the molecule is O=C1NN(c2ccccc2)C(=O)C1=Cc1cccc(OCCCOc2ccc(Cl)cc2)c1. The van der Waals surface area contributed by atoms with Crippen molar-refractivity contribution in [2.45, 2.75) is 6.42 Å². The zero-order chi connectivity index (χ0) is 22.3. The van der Waals surface area contributed by atoms with Crippen LogP contribution in [0.2, 0.25) is 5.02 Å². The minimum absolute atomic E-state index is 0.0716. The van der Waals surface area contributed by atoms with Crippen LogP contribution in [0, 0.1) is 0 Å². The van der Waals surface area contributed by atoms with Gasteiger partial charge in [0.05, 0.1) is 18.9 Å². The van der Waals surface area contributed by atoms with Gasteiger partial charge in [-0.1, -0.05) is 41.9 Å². The van der Waals surface area contributed by atoms with Gasteiger partial charge in [0.1, 0.15) is 17.1 Å². The number of ether oxygens (including phenoxy) is 2. The molecule has 32 heavy (non-hydrogen) atoms. The zero-order valence-corrected chi connectivity index (χ0v) is 17.9. The number of anilines is 1. The molecule has 0 atom stereocenters. The van der Waals surface area contributed by atoms with Crippen LogP contribution in [0.25, 0.3) is 6.08 Å². The van der Waals surface area contributed by atoms with Crippen LogP contribution < -0.4 is 19.9 Å². The summed E-state index contributed by atoms with van der Waals surface area (Å²) >= 11 is 5.86. The number of hydrazine groups is 1. The largest absolute Gasteiger partial charge is 0.493 e. The van der Waals surface area contributed by atoms with Crippen molar-refractivity contribution >= 4 is 35.2 Å².